The van der Waals surface area contributed by atoms with Crippen LogP contribution < -0.4 is 5.73 Å². The van der Waals surface area contributed by atoms with E-state index in [-0.39, 0.29) is 5.41 Å². The molecule has 0 amide bonds. The summed E-state index contributed by atoms with van der Waals surface area (Å²) in [4.78, 5) is 4.54. The molecule has 0 saturated carbocycles. The largest absolute Gasteiger partial charge is 0.397 e. The molecular weight excluding hydrogens is 220 g/mol. The molecule has 18 heavy (non-hydrogen) atoms. The zero-order valence-electron chi connectivity index (χ0n) is 12.3. The second-order valence-electron chi connectivity index (χ2n) is 5.75. The van der Waals surface area contributed by atoms with Crippen LogP contribution in [0.15, 0.2) is 40.7 Å². The first-order chi connectivity index (χ1) is 8.38. The minimum atomic E-state index is 0.0888. The summed E-state index contributed by atoms with van der Waals surface area (Å²) in [5.74, 6) is 1.06. The maximum atomic E-state index is 6.04. The maximum absolute atomic E-state index is 6.04. The molecule has 0 aromatic carbocycles. The molecule has 100 valence electrons. The van der Waals surface area contributed by atoms with Crippen molar-refractivity contribution in [3.05, 3.63) is 35.7 Å². The van der Waals surface area contributed by atoms with E-state index in [4.69, 9.17) is 5.73 Å². The quantitative estimate of drug-likeness (QED) is 0.746. The molecule has 0 aromatic rings. The Morgan fingerprint density at radius 2 is 1.89 bits per heavy atom. The molecule has 0 aliphatic heterocycles. The van der Waals surface area contributed by atoms with Gasteiger partial charge in [-0.05, 0) is 30.4 Å². The Hall–Kier alpha value is -1.31. The van der Waals surface area contributed by atoms with Crippen LogP contribution >= 0.6 is 0 Å². The summed E-state index contributed by atoms with van der Waals surface area (Å²) in [7, 11) is 0. The van der Waals surface area contributed by atoms with Gasteiger partial charge in [0, 0.05) is 11.6 Å². The van der Waals surface area contributed by atoms with Gasteiger partial charge in [-0.25, -0.2) is 0 Å². The Morgan fingerprint density at radius 1 is 1.28 bits per heavy atom. The molecule has 0 radical (unpaired) electrons. The molecule has 2 atom stereocenters. The SMILES string of the molecule is CCC1(C)C=CC(N)=C(N=CC(C)C(C)C)C=C1. The van der Waals surface area contributed by atoms with Crippen molar-refractivity contribution >= 4 is 6.21 Å². The average molecular weight is 246 g/mol. The third-order valence-electron chi connectivity index (χ3n) is 3.82. The molecule has 2 heteroatoms. The highest BCUT2D eigenvalue weighted by Crippen LogP contribution is 2.28. The van der Waals surface area contributed by atoms with E-state index in [9.17, 15) is 0 Å². The number of nitrogens with zero attached hydrogens (tertiary/aromatic N) is 1. The normalized spacial score (nSPS) is 26.1. The van der Waals surface area contributed by atoms with E-state index in [1.165, 1.54) is 0 Å². The number of hydrogen-bond acceptors (Lipinski definition) is 2. The van der Waals surface area contributed by atoms with Crippen LogP contribution in [0.1, 0.15) is 41.0 Å². The second kappa shape index (κ2) is 6.03. The molecule has 2 N–H and O–H groups in total. The van der Waals surface area contributed by atoms with Crippen molar-refractivity contribution < 1.29 is 0 Å². The Kier molecular flexibility index (Phi) is 4.94. The van der Waals surface area contributed by atoms with Gasteiger partial charge in [0.25, 0.3) is 0 Å². The number of hydrogen-bond donors (Lipinski definition) is 1. The molecule has 0 bridgehead atoms. The van der Waals surface area contributed by atoms with Crippen LogP contribution in [0, 0.1) is 17.3 Å². The van der Waals surface area contributed by atoms with E-state index in [0.717, 1.165) is 17.8 Å². The summed E-state index contributed by atoms with van der Waals surface area (Å²) in [6.45, 7) is 11.0. The van der Waals surface area contributed by atoms with Gasteiger partial charge < -0.3 is 5.73 Å². The molecule has 1 aliphatic carbocycles. The zero-order valence-corrected chi connectivity index (χ0v) is 12.3. The third kappa shape index (κ3) is 3.86. The van der Waals surface area contributed by atoms with Crippen molar-refractivity contribution in [2.75, 3.05) is 0 Å². The van der Waals surface area contributed by atoms with Crippen molar-refractivity contribution in [3.63, 3.8) is 0 Å². The van der Waals surface area contributed by atoms with E-state index in [2.05, 4.69) is 51.8 Å². The predicted molar refractivity (Wildman–Crippen MR) is 80.4 cm³/mol. The van der Waals surface area contributed by atoms with Crippen molar-refractivity contribution in [2.45, 2.75) is 41.0 Å². The summed E-state index contributed by atoms with van der Waals surface area (Å²) in [6, 6.07) is 0. The van der Waals surface area contributed by atoms with Gasteiger partial charge in [-0.3, -0.25) is 4.99 Å². The molecule has 0 saturated heterocycles. The highest BCUT2D eigenvalue weighted by Gasteiger charge is 2.16. The molecule has 2 nitrogen and oxygen atoms in total. The van der Waals surface area contributed by atoms with Crippen LogP contribution in [0.3, 0.4) is 0 Å². The molecule has 1 aliphatic rings. The van der Waals surface area contributed by atoms with Gasteiger partial charge in [0.1, 0.15) is 0 Å². The lowest BCUT2D eigenvalue weighted by Gasteiger charge is -2.17. The second-order valence-corrected chi connectivity index (χ2v) is 5.75. The monoisotopic (exact) mass is 246 g/mol. The summed E-state index contributed by atoms with van der Waals surface area (Å²) in [5, 5.41) is 0. The number of rotatable bonds is 4. The topological polar surface area (TPSA) is 38.4 Å². The van der Waals surface area contributed by atoms with Crippen LogP contribution in [0.2, 0.25) is 0 Å². The number of allylic oxidation sites excluding steroid dienone is 4. The van der Waals surface area contributed by atoms with Crippen LogP contribution in [-0.4, -0.2) is 6.21 Å². The minimum absolute atomic E-state index is 0.0888. The summed E-state index contributed by atoms with van der Waals surface area (Å²) < 4.78 is 0. The van der Waals surface area contributed by atoms with E-state index in [1.807, 2.05) is 18.4 Å². The summed E-state index contributed by atoms with van der Waals surface area (Å²) >= 11 is 0. The number of nitrogens with two attached hydrogens (primary N) is 1. The van der Waals surface area contributed by atoms with Gasteiger partial charge >= 0.3 is 0 Å². The van der Waals surface area contributed by atoms with Crippen molar-refractivity contribution in [3.8, 4) is 0 Å². The predicted octanol–water partition coefficient (Wildman–Crippen LogP) is 4.06. The van der Waals surface area contributed by atoms with Crippen LogP contribution in [0.5, 0.6) is 0 Å². The van der Waals surface area contributed by atoms with Crippen molar-refractivity contribution in [1.29, 1.82) is 0 Å². The summed E-state index contributed by atoms with van der Waals surface area (Å²) in [6.07, 6.45) is 11.4. The van der Waals surface area contributed by atoms with Gasteiger partial charge in [-0.2, -0.15) is 0 Å². The van der Waals surface area contributed by atoms with Crippen molar-refractivity contribution in [2.24, 2.45) is 28.0 Å². The molecule has 1 rings (SSSR count). The maximum Gasteiger partial charge on any atom is 0.0852 e. The zero-order chi connectivity index (χ0) is 13.8. The van der Waals surface area contributed by atoms with Crippen LogP contribution in [0.4, 0.5) is 0 Å². The van der Waals surface area contributed by atoms with E-state index < -0.39 is 0 Å². The molecule has 0 heterocycles. The fourth-order valence-corrected chi connectivity index (χ4v) is 1.51. The Bertz CT molecular complexity index is 399. The first-order valence-electron chi connectivity index (χ1n) is 6.80. The van der Waals surface area contributed by atoms with Crippen LogP contribution in [-0.2, 0) is 0 Å². The smallest absolute Gasteiger partial charge is 0.0852 e. The molecule has 2 unspecified atom stereocenters. The van der Waals surface area contributed by atoms with Crippen molar-refractivity contribution in [1.82, 2.24) is 0 Å². The fourth-order valence-electron chi connectivity index (χ4n) is 1.51. The molecular formula is C16H26N2. The fraction of sp³-hybridized carbons (Fsp3) is 0.562. The van der Waals surface area contributed by atoms with E-state index in [1.54, 1.807) is 0 Å². The Labute approximate surface area is 111 Å². The van der Waals surface area contributed by atoms with Gasteiger partial charge in [0.15, 0.2) is 0 Å². The standard InChI is InChI=1S/C16H26N2/c1-6-16(5)9-7-14(17)15(8-10-16)18-11-13(4)12(2)3/h7-13H,6,17H2,1-5H3. The van der Waals surface area contributed by atoms with E-state index >= 15 is 0 Å². The summed E-state index contributed by atoms with van der Waals surface area (Å²) in [5.41, 5.74) is 7.75. The first-order valence-corrected chi connectivity index (χ1v) is 6.80. The highest BCUT2D eigenvalue weighted by molar-refractivity contribution is 5.63. The molecule has 0 fully saturated rings. The lowest BCUT2D eigenvalue weighted by Crippen LogP contribution is -2.06. The third-order valence-corrected chi connectivity index (χ3v) is 3.82. The van der Waals surface area contributed by atoms with Gasteiger partial charge in [0.05, 0.1) is 11.4 Å². The molecule has 0 spiro atoms. The average Bonchev–Trinajstić information content (AvgIpc) is 2.48. The van der Waals surface area contributed by atoms with Crippen LogP contribution in [0.25, 0.3) is 0 Å². The number of aliphatic imine (C=N–C) groups is 1. The lowest BCUT2D eigenvalue weighted by atomic mass is 9.87. The van der Waals surface area contributed by atoms with E-state index in [0.29, 0.717) is 11.8 Å². The van der Waals surface area contributed by atoms with Gasteiger partial charge in [-0.1, -0.05) is 46.8 Å². The first kappa shape index (κ1) is 14.7. The van der Waals surface area contributed by atoms with Gasteiger partial charge in [0.2, 0.25) is 0 Å². The van der Waals surface area contributed by atoms with Gasteiger partial charge in [-0.15, -0.1) is 0 Å². The Morgan fingerprint density at radius 3 is 2.44 bits per heavy atom. The lowest BCUT2D eigenvalue weighted by molar-refractivity contribution is 0.530. The highest BCUT2D eigenvalue weighted by atomic mass is 14.8. The Balaban J connectivity index is 2.90. The minimum Gasteiger partial charge on any atom is -0.397 e. The molecule has 0 aromatic heterocycles.